The fraction of sp³-hybridized carbons (Fsp3) is 0.909. The highest BCUT2D eigenvalue weighted by Gasteiger charge is 2.26. The summed E-state index contributed by atoms with van der Waals surface area (Å²) in [7, 11) is 0. The molecule has 1 fully saturated rings. The molecule has 1 aliphatic heterocycles. The van der Waals surface area contributed by atoms with Gasteiger partial charge in [-0.3, -0.25) is 5.41 Å². The molecule has 0 radical (unpaired) electrons. The summed E-state index contributed by atoms with van der Waals surface area (Å²) in [4.78, 5) is 2.39. The molecule has 0 aromatic carbocycles. The first-order valence-corrected chi connectivity index (χ1v) is 5.77. The molecule has 4 nitrogen and oxygen atoms in total. The van der Waals surface area contributed by atoms with Crippen molar-refractivity contribution < 1.29 is 5.11 Å². The normalized spacial score (nSPS) is 21.5. The zero-order valence-electron chi connectivity index (χ0n) is 9.63. The first-order valence-electron chi connectivity index (χ1n) is 5.77. The van der Waals surface area contributed by atoms with E-state index in [2.05, 4.69) is 4.90 Å². The second-order valence-electron chi connectivity index (χ2n) is 4.82. The Hall–Kier alpha value is -0.610. The van der Waals surface area contributed by atoms with Gasteiger partial charge in [0.05, 0.1) is 11.4 Å². The number of hydrogen-bond donors (Lipinski definition) is 3. The minimum absolute atomic E-state index is 0.288. The number of rotatable bonds is 5. The fourth-order valence-corrected chi connectivity index (χ4v) is 1.91. The maximum atomic E-state index is 9.77. The van der Waals surface area contributed by atoms with Crippen LogP contribution in [-0.2, 0) is 0 Å². The van der Waals surface area contributed by atoms with Crippen LogP contribution in [0.3, 0.4) is 0 Å². The summed E-state index contributed by atoms with van der Waals surface area (Å²) in [6.45, 7) is 4.98. The van der Waals surface area contributed by atoms with Crippen molar-refractivity contribution in [2.24, 2.45) is 5.73 Å². The van der Waals surface area contributed by atoms with Crippen LogP contribution in [0.5, 0.6) is 0 Å². The van der Waals surface area contributed by atoms with Crippen molar-refractivity contribution in [3.63, 3.8) is 0 Å². The maximum absolute atomic E-state index is 9.77. The molecule has 4 heteroatoms. The van der Waals surface area contributed by atoms with E-state index in [4.69, 9.17) is 11.1 Å². The van der Waals surface area contributed by atoms with Crippen molar-refractivity contribution in [3.05, 3.63) is 0 Å². The molecule has 0 aromatic rings. The van der Waals surface area contributed by atoms with Gasteiger partial charge in [-0.25, -0.2) is 0 Å². The number of hydrogen-bond acceptors (Lipinski definition) is 3. The van der Waals surface area contributed by atoms with Gasteiger partial charge in [0.2, 0.25) is 0 Å². The Balaban J connectivity index is 2.06. The molecule has 0 atom stereocenters. The molecule has 0 aromatic heterocycles. The molecule has 1 saturated heterocycles. The Morgan fingerprint density at radius 3 is 2.53 bits per heavy atom. The SMILES string of the molecule is CC1(O)CCN(CCCCC(=N)N)CC1. The van der Waals surface area contributed by atoms with E-state index in [1.165, 1.54) is 0 Å². The maximum Gasteiger partial charge on any atom is 0.0905 e. The Labute approximate surface area is 92.0 Å². The minimum atomic E-state index is -0.449. The lowest BCUT2D eigenvalue weighted by Gasteiger charge is -2.35. The van der Waals surface area contributed by atoms with Crippen LogP contribution in [0.4, 0.5) is 0 Å². The Kier molecular flexibility index (Phi) is 4.54. The highest BCUT2D eigenvalue weighted by Crippen LogP contribution is 2.21. The zero-order valence-corrected chi connectivity index (χ0v) is 9.63. The van der Waals surface area contributed by atoms with E-state index < -0.39 is 5.60 Å². The summed E-state index contributed by atoms with van der Waals surface area (Å²) < 4.78 is 0. The molecule has 4 N–H and O–H groups in total. The van der Waals surface area contributed by atoms with Crippen molar-refractivity contribution >= 4 is 5.84 Å². The summed E-state index contributed by atoms with van der Waals surface area (Å²) in [6, 6.07) is 0. The quantitative estimate of drug-likeness (QED) is 0.361. The van der Waals surface area contributed by atoms with Crippen LogP contribution >= 0.6 is 0 Å². The van der Waals surface area contributed by atoms with Crippen molar-refractivity contribution in [1.29, 1.82) is 5.41 Å². The van der Waals surface area contributed by atoms with Gasteiger partial charge in [-0.1, -0.05) is 0 Å². The van der Waals surface area contributed by atoms with Crippen molar-refractivity contribution in [2.75, 3.05) is 19.6 Å². The molecular formula is C11H23N3O. The van der Waals surface area contributed by atoms with E-state index in [9.17, 15) is 5.11 Å². The number of likely N-dealkylation sites (tertiary alicyclic amines) is 1. The number of aliphatic hydroxyl groups is 1. The first kappa shape index (κ1) is 12.5. The first-order chi connectivity index (χ1) is 6.99. The third-order valence-corrected chi connectivity index (χ3v) is 3.10. The van der Waals surface area contributed by atoms with E-state index in [1.807, 2.05) is 6.92 Å². The highest BCUT2D eigenvalue weighted by molar-refractivity contribution is 5.76. The lowest BCUT2D eigenvalue weighted by molar-refractivity contribution is -0.00548. The molecule has 88 valence electrons. The van der Waals surface area contributed by atoms with Crippen LogP contribution < -0.4 is 5.73 Å². The van der Waals surface area contributed by atoms with Gasteiger partial charge in [-0.2, -0.15) is 0 Å². The van der Waals surface area contributed by atoms with Gasteiger partial charge in [-0.05, 0) is 39.2 Å². The molecule has 0 amide bonds. The highest BCUT2D eigenvalue weighted by atomic mass is 16.3. The number of piperidine rings is 1. The third-order valence-electron chi connectivity index (χ3n) is 3.10. The van der Waals surface area contributed by atoms with Crippen LogP contribution in [0.2, 0.25) is 0 Å². The molecule has 1 aliphatic rings. The number of unbranched alkanes of at least 4 members (excludes halogenated alkanes) is 1. The number of nitrogens with one attached hydrogen (secondary N) is 1. The van der Waals surface area contributed by atoms with Gasteiger partial charge >= 0.3 is 0 Å². The smallest absolute Gasteiger partial charge is 0.0905 e. The molecule has 0 saturated carbocycles. The summed E-state index contributed by atoms with van der Waals surface area (Å²) >= 11 is 0. The Morgan fingerprint density at radius 1 is 1.40 bits per heavy atom. The molecule has 0 unspecified atom stereocenters. The predicted molar refractivity (Wildman–Crippen MR) is 62.1 cm³/mol. The van der Waals surface area contributed by atoms with Gasteiger partial charge in [0, 0.05) is 19.5 Å². The van der Waals surface area contributed by atoms with Crippen LogP contribution in [-0.4, -0.2) is 41.1 Å². The van der Waals surface area contributed by atoms with Gasteiger partial charge < -0.3 is 15.7 Å². The van der Waals surface area contributed by atoms with E-state index in [0.717, 1.165) is 45.3 Å². The standard InChI is InChI=1S/C11H23N3O/c1-11(15)5-8-14(9-6-11)7-3-2-4-10(12)13/h15H,2-9H2,1H3,(H3,12,13). The van der Waals surface area contributed by atoms with Gasteiger partial charge in [0.25, 0.3) is 0 Å². The average Bonchev–Trinajstić information content (AvgIpc) is 2.14. The Bertz CT molecular complexity index is 206. The number of nitrogens with two attached hydrogens (primary N) is 1. The van der Waals surface area contributed by atoms with Crippen molar-refractivity contribution in [1.82, 2.24) is 4.90 Å². The third kappa shape index (κ3) is 5.14. The molecule has 0 aliphatic carbocycles. The summed E-state index contributed by atoms with van der Waals surface area (Å²) in [5.74, 6) is 0.288. The second kappa shape index (κ2) is 5.47. The fourth-order valence-electron chi connectivity index (χ4n) is 1.91. The number of nitrogens with zero attached hydrogens (tertiary/aromatic N) is 1. The topological polar surface area (TPSA) is 73.3 Å². The van der Waals surface area contributed by atoms with Crippen molar-refractivity contribution in [3.8, 4) is 0 Å². The monoisotopic (exact) mass is 213 g/mol. The molecule has 0 bridgehead atoms. The van der Waals surface area contributed by atoms with Crippen LogP contribution in [0.25, 0.3) is 0 Å². The minimum Gasteiger partial charge on any atom is -0.390 e. The molecule has 1 rings (SSSR count). The van der Waals surface area contributed by atoms with E-state index in [1.54, 1.807) is 0 Å². The van der Waals surface area contributed by atoms with E-state index in [-0.39, 0.29) is 5.84 Å². The Morgan fingerprint density at radius 2 is 2.00 bits per heavy atom. The summed E-state index contributed by atoms with van der Waals surface area (Å²) in [6.07, 6.45) is 4.56. The van der Waals surface area contributed by atoms with Crippen LogP contribution in [0, 0.1) is 5.41 Å². The molecule has 15 heavy (non-hydrogen) atoms. The van der Waals surface area contributed by atoms with Gasteiger partial charge in [0.1, 0.15) is 0 Å². The average molecular weight is 213 g/mol. The zero-order chi connectivity index (χ0) is 11.3. The largest absolute Gasteiger partial charge is 0.390 e. The van der Waals surface area contributed by atoms with Crippen LogP contribution in [0.1, 0.15) is 39.0 Å². The lowest BCUT2D eigenvalue weighted by Crippen LogP contribution is -2.42. The van der Waals surface area contributed by atoms with E-state index in [0.29, 0.717) is 6.42 Å². The second-order valence-corrected chi connectivity index (χ2v) is 4.82. The van der Waals surface area contributed by atoms with Crippen molar-refractivity contribution in [2.45, 2.75) is 44.6 Å². The lowest BCUT2D eigenvalue weighted by atomic mass is 9.94. The predicted octanol–water partition coefficient (Wildman–Crippen LogP) is 0.939. The summed E-state index contributed by atoms with van der Waals surface area (Å²) in [5, 5.41) is 16.9. The number of amidine groups is 1. The molecule has 0 spiro atoms. The summed E-state index contributed by atoms with van der Waals surface area (Å²) in [5.41, 5.74) is 4.84. The van der Waals surface area contributed by atoms with Gasteiger partial charge in [-0.15, -0.1) is 0 Å². The molecular weight excluding hydrogens is 190 g/mol. The van der Waals surface area contributed by atoms with Gasteiger partial charge in [0.15, 0.2) is 0 Å². The van der Waals surface area contributed by atoms with E-state index >= 15 is 0 Å². The van der Waals surface area contributed by atoms with Crippen LogP contribution in [0.15, 0.2) is 0 Å². The molecule has 1 heterocycles.